The summed E-state index contributed by atoms with van der Waals surface area (Å²) in [6.45, 7) is 3.86. The number of hydrogen-bond donors (Lipinski definition) is 2. The minimum Gasteiger partial charge on any atom is -0.497 e. The molecule has 1 aromatic carbocycles. The van der Waals surface area contributed by atoms with Crippen LogP contribution >= 0.6 is 0 Å². The van der Waals surface area contributed by atoms with Crippen molar-refractivity contribution in [2.75, 3.05) is 38.3 Å². The largest absolute Gasteiger partial charge is 0.497 e. The normalized spacial score (nSPS) is 10.5. The molecule has 0 saturated carbocycles. The van der Waals surface area contributed by atoms with E-state index < -0.39 is 0 Å². The number of nitrogens with one attached hydrogen (secondary N) is 1. The molecule has 0 heterocycles. The Morgan fingerprint density at radius 3 is 2.74 bits per heavy atom. The van der Waals surface area contributed by atoms with Gasteiger partial charge in [0, 0.05) is 19.0 Å². The second-order valence-corrected chi connectivity index (χ2v) is 4.55. The molecule has 0 fully saturated rings. The molecule has 0 bridgehead atoms. The first-order chi connectivity index (χ1) is 9.06. The SMILES string of the molecule is CCCN(C)CCC(=O)Nc1ccc(OC)cc1N. The number of hydrogen-bond acceptors (Lipinski definition) is 4. The lowest BCUT2D eigenvalue weighted by molar-refractivity contribution is -0.116. The van der Waals surface area contributed by atoms with Crippen LogP contribution in [-0.4, -0.2) is 38.1 Å². The highest BCUT2D eigenvalue weighted by Gasteiger charge is 2.07. The first kappa shape index (κ1) is 15.3. The maximum Gasteiger partial charge on any atom is 0.225 e. The Labute approximate surface area is 114 Å². The summed E-state index contributed by atoms with van der Waals surface area (Å²) in [6.07, 6.45) is 1.55. The molecule has 1 amide bonds. The lowest BCUT2D eigenvalue weighted by Gasteiger charge is -2.15. The Morgan fingerprint density at radius 1 is 1.42 bits per heavy atom. The molecular weight excluding hydrogens is 242 g/mol. The van der Waals surface area contributed by atoms with E-state index >= 15 is 0 Å². The van der Waals surface area contributed by atoms with Gasteiger partial charge in [-0.3, -0.25) is 4.79 Å². The van der Waals surface area contributed by atoms with E-state index in [1.165, 1.54) is 0 Å². The van der Waals surface area contributed by atoms with Gasteiger partial charge in [-0.05, 0) is 32.1 Å². The Morgan fingerprint density at radius 2 is 2.16 bits per heavy atom. The number of carbonyl (C=O) groups excluding carboxylic acids is 1. The number of nitrogens with zero attached hydrogens (tertiary/aromatic N) is 1. The van der Waals surface area contributed by atoms with Crippen molar-refractivity contribution >= 4 is 17.3 Å². The van der Waals surface area contributed by atoms with Crippen LogP contribution in [0.25, 0.3) is 0 Å². The summed E-state index contributed by atoms with van der Waals surface area (Å²) in [7, 11) is 3.59. The standard InChI is InChI=1S/C14H23N3O2/c1-4-8-17(2)9-7-14(18)16-13-6-5-11(19-3)10-12(13)15/h5-6,10H,4,7-9,15H2,1-3H3,(H,16,18). The van der Waals surface area contributed by atoms with Gasteiger partial charge < -0.3 is 20.7 Å². The summed E-state index contributed by atoms with van der Waals surface area (Å²) in [5.74, 6) is 0.651. The predicted molar refractivity (Wildman–Crippen MR) is 78.4 cm³/mol. The lowest BCUT2D eigenvalue weighted by Crippen LogP contribution is -2.25. The third-order valence-corrected chi connectivity index (χ3v) is 2.86. The van der Waals surface area contributed by atoms with Crippen LogP contribution < -0.4 is 15.8 Å². The van der Waals surface area contributed by atoms with Gasteiger partial charge in [0.05, 0.1) is 18.5 Å². The summed E-state index contributed by atoms with van der Waals surface area (Å²) in [4.78, 5) is 13.9. The Hall–Kier alpha value is -1.75. The Bertz CT molecular complexity index is 421. The van der Waals surface area contributed by atoms with E-state index in [1.54, 1.807) is 25.3 Å². The molecule has 0 spiro atoms. The van der Waals surface area contributed by atoms with Gasteiger partial charge in [-0.1, -0.05) is 6.92 Å². The molecule has 5 nitrogen and oxygen atoms in total. The van der Waals surface area contributed by atoms with Crippen molar-refractivity contribution in [3.63, 3.8) is 0 Å². The smallest absolute Gasteiger partial charge is 0.225 e. The zero-order valence-corrected chi connectivity index (χ0v) is 11.9. The summed E-state index contributed by atoms with van der Waals surface area (Å²) in [5.41, 5.74) is 6.98. The molecule has 5 heteroatoms. The maximum atomic E-state index is 11.8. The van der Waals surface area contributed by atoms with Crippen LogP contribution in [-0.2, 0) is 4.79 Å². The van der Waals surface area contributed by atoms with E-state index in [0.717, 1.165) is 19.5 Å². The van der Waals surface area contributed by atoms with Gasteiger partial charge in [-0.15, -0.1) is 0 Å². The van der Waals surface area contributed by atoms with E-state index in [1.807, 2.05) is 7.05 Å². The van der Waals surface area contributed by atoms with E-state index in [9.17, 15) is 4.79 Å². The average Bonchev–Trinajstić information content (AvgIpc) is 2.39. The number of nitrogen functional groups attached to an aromatic ring is 1. The van der Waals surface area contributed by atoms with Crippen molar-refractivity contribution in [2.45, 2.75) is 19.8 Å². The molecule has 0 aromatic heterocycles. The van der Waals surface area contributed by atoms with Gasteiger partial charge in [0.2, 0.25) is 5.91 Å². The molecule has 106 valence electrons. The molecule has 0 saturated heterocycles. The van der Waals surface area contributed by atoms with Gasteiger partial charge in [0.15, 0.2) is 0 Å². The summed E-state index contributed by atoms with van der Waals surface area (Å²) >= 11 is 0. The second kappa shape index (κ2) is 7.63. The number of benzene rings is 1. The number of nitrogens with two attached hydrogens (primary N) is 1. The lowest BCUT2D eigenvalue weighted by atomic mass is 10.2. The molecule has 0 unspecified atom stereocenters. The van der Waals surface area contributed by atoms with Crippen molar-refractivity contribution < 1.29 is 9.53 Å². The minimum absolute atomic E-state index is 0.0279. The zero-order chi connectivity index (χ0) is 14.3. The molecule has 1 aromatic rings. The number of ether oxygens (including phenoxy) is 1. The van der Waals surface area contributed by atoms with Gasteiger partial charge in [-0.25, -0.2) is 0 Å². The average molecular weight is 265 g/mol. The zero-order valence-electron chi connectivity index (χ0n) is 11.9. The number of anilines is 2. The molecule has 0 radical (unpaired) electrons. The molecule has 19 heavy (non-hydrogen) atoms. The quantitative estimate of drug-likeness (QED) is 0.739. The molecule has 0 aliphatic carbocycles. The van der Waals surface area contributed by atoms with E-state index in [0.29, 0.717) is 23.5 Å². The fourth-order valence-corrected chi connectivity index (χ4v) is 1.78. The van der Waals surface area contributed by atoms with Crippen molar-refractivity contribution in [1.29, 1.82) is 0 Å². The molecule has 0 atom stereocenters. The van der Waals surface area contributed by atoms with Crippen LogP contribution in [0.4, 0.5) is 11.4 Å². The van der Waals surface area contributed by atoms with Gasteiger partial charge >= 0.3 is 0 Å². The molecule has 0 aliphatic rings. The minimum atomic E-state index is -0.0279. The number of amides is 1. The summed E-state index contributed by atoms with van der Waals surface area (Å²) < 4.78 is 5.06. The van der Waals surface area contributed by atoms with Crippen LogP contribution in [0.3, 0.4) is 0 Å². The topological polar surface area (TPSA) is 67.6 Å². The van der Waals surface area contributed by atoms with E-state index in [-0.39, 0.29) is 5.91 Å². The van der Waals surface area contributed by atoms with Crippen LogP contribution in [0.2, 0.25) is 0 Å². The van der Waals surface area contributed by atoms with E-state index in [4.69, 9.17) is 10.5 Å². The third kappa shape index (κ3) is 5.18. The highest BCUT2D eigenvalue weighted by atomic mass is 16.5. The van der Waals surface area contributed by atoms with Crippen LogP contribution in [0.1, 0.15) is 19.8 Å². The Balaban J connectivity index is 2.48. The highest BCUT2D eigenvalue weighted by Crippen LogP contribution is 2.24. The summed E-state index contributed by atoms with van der Waals surface area (Å²) in [5, 5.41) is 2.81. The molecule has 0 aliphatic heterocycles. The number of carbonyl (C=O) groups is 1. The van der Waals surface area contributed by atoms with Crippen LogP contribution in [0, 0.1) is 0 Å². The number of rotatable bonds is 7. The fourth-order valence-electron chi connectivity index (χ4n) is 1.78. The highest BCUT2D eigenvalue weighted by molar-refractivity contribution is 5.94. The van der Waals surface area contributed by atoms with Crippen molar-refractivity contribution in [2.24, 2.45) is 0 Å². The third-order valence-electron chi connectivity index (χ3n) is 2.86. The van der Waals surface area contributed by atoms with E-state index in [2.05, 4.69) is 17.1 Å². The van der Waals surface area contributed by atoms with Gasteiger partial charge in [0.25, 0.3) is 0 Å². The molecule has 1 rings (SSSR count). The Kier molecular flexibility index (Phi) is 6.15. The van der Waals surface area contributed by atoms with Crippen LogP contribution in [0.15, 0.2) is 18.2 Å². The van der Waals surface area contributed by atoms with Crippen LogP contribution in [0.5, 0.6) is 5.75 Å². The predicted octanol–water partition coefficient (Wildman–Crippen LogP) is 1.95. The molecule has 3 N–H and O–H groups in total. The first-order valence-corrected chi connectivity index (χ1v) is 6.48. The monoisotopic (exact) mass is 265 g/mol. The number of methoxy groups -OCH3 is 1. The van der Waals surface area contributed by atoms with Gasteiger partial charge in [-0.2, -0.15) is 0 Å². The second-order valence-electron chi connectivity index (χ2n) is 4.55. The van der Waals surface area contributed by atoms with Gasteiger partial charge in [0.1, 0.15) is 5.75 Å². The van der Waals surface area contributed by atoms with Crippen molar-refractivity contribution in [3.8, 4) is 5.75 Å². The van der Waals surface area contributed by atoms with Crippen molar-refractivity contribution in [1.82, 2.24) is 4.90 Å². The summed E-state index contributed by atoms with van der Waals surface area (Å²) in [6, 6.07) is 5.22. The maximum absolute atomic E-state index is 11.8. The van der Waals surface area contributed by atoms with Crippen molar-refractivity contribution in [3.05, 3.63) is 18.2 Å². The molecular formula is C14H23N3O2. The first-order valence-electron chi connectivity index (χ1n) is 6.48. The fraction of sp³-hybridized carbons (Fsp3) is 0.500.